The summed E-state index contributed by atoms with van der Waals surface area (Å²) < 4.78 is 2.34. The number of hydrogen-bond acceptors (Lipinski definition) is 4. The predicted molar refractivity (Wildman–Crippen MR) is 66.9 cm³/mol. The van der Waals surface area contributed by atoms with Gasteiger partial charge in [0, 0.05) is 7.05 Å². The molecule has 5 nitrogen and oxygen atoms in total. The topological polar surface area (TPSA) is 59.4 Å². The van der Waals surface area contributed by atoms with E-state index in [0.717, 1.165) is 11.0 Å². The Morgan fingerprint density at radius 3 is 2.71 bits per heavy atom. The molecule has 0 radical (unpaired) electrons. The molecule has 17 heavy (non-hydrogen) atoms. The Labute approximate surface area is 102 Å². The molecule has 0 saturated carbocycles. The average molecular weight is 243 g/mol. The van der Waals surface area contributed by atoms with Crippen molar-refractivity contribution in [2.75, 3.05) is 0 Å². The second-order valence-electron chi connectivity index (χ2n) is 3.66. The van der Waals surface area contributed by atoms with Crippen molar-refractivity contribution in [2.24, 2.45) is 7.05 Å². The lowest BCUT2D eigenvalue weighted by atomic mass is 10.3. The van der Waals surface area contributed by atoms with E-state index in [2.05, 4.69) is 20.2 Å². The van der Waals surface area contributed by atoms with Crippen LogP contribution >= 0.6 is 12.2 Å². The van der Waals surface area contributed by atoms with Gasteiger partial charge in [0.1, 0.15) is 5.69 Å². The van der Waals surface area contributed by atoms with Crippen LogP contribution in [-0.2, 0) is 7.05 Å². The van der Waals surface area contributed by atoms with Crippen LogP contribution in [0.5, 0.6) is 0 Å². The molecule has 1 aromatic carbocycles. The summed E-state index contributed by atoms with van der Waals surface area (Å²) in [6.45, 7) is 0. The monoisotopic (exact) mass is 243 g/mol. The van der Waals surface area contributed by atoms with Gasteiger partial charge >= 0.3 is 0 Å². The van der Waals surface area contributed by atoms with E-state index < -0.39 is 0 Å². The second kappa shape index (κ2) is 3.74. The normalized spacial score (nSPS) is 10.9. The molecular formula is C11H9N5S. The summed E-state index contributed by atoms with van der Waals surface area (Å²) in [6, 6.07) is 7.72. The Bertz CT molecular complexity index is 743. The Kier molecular flexibility index (Phi) is 2.22. The van der Waals surface area contributed by atoms with Crippen LogP contribution in [0.15, 0.2) is 30.5 Å². The van der Waals surface area contributed by atoms with E-state index in [1.807, 2.05) is 31.3 Å². The van der Waals surface area contributed by atoms with Gasteiger partial charge in [-0.25, -0.2) is 4.98 Å². The molecule has 0 aliphatic carbocycles. The molecule has 0 amide bonds. The highest BCUT2D eigenvalue weighted by Crippen LogP contribution is 2.16. The maximum Gasteiger partial charge on any atom is 0.195 e. The van der Waals surface area contributed by atoms with Gasteiger partial charge < -0.3 is 4.57 Å². The Balaban J connectivity index is 2.25. The zero-order chi connectivity index (χ0) is 11.8. The van der Waals surface area contributed by atoms with E-state index >= 15 is 0 Å². The number of nitrogens with zero attached hydrogens (tertiary/aromatic N) is 4. The standard InChI is InChI=1S/C11H9N5S/c1-16-10(14-15-11(16)17)9-6-12-7-4-2-3-5-8(7)13-9/h2-6H,1H3,(H,15,17). The zero-order valence-corrected chi connectivity index (χ0v) is 9.90. The largest absolute Gasteiger partial charge is 0.302 e. The van der Waals surface area contributed by atoms with Crippen molar-refractivity contribution >= 4 is 23.3 Å². The van der Waals surface area contributed by atoms with Gasteiger partial charge in [-0.2, -0.15) is 5.10 Å². The van der Waals surface area contributed by atoms with Crippen molar-refractivity contribution in [3.05, 3.63) is 35.2 Å². The molecular weight excluding hydrogens is 234 g/mol. The molecule has 0 unspecified atom stereocenters. The summed E-state index contributed by atoms with van der Waals surface area (Å²) in [7, 11) is 1.85. The molecule has 0 spiro atoms. The molecule has 3 rings (SSSR count). The molecule has 1 N–H and O–H groups in total. The number of aromatic nitrogens is 5. The van der Waals surface area contributed by atoms with E-state index in [-0.39, 0.29) is 0 Å². The average Bonchev–Trinajstić information content (AvgIpc) is 2.70. The SMILES string of the molecule is Cn1c(-c2cnc3ccccc3n2)n[nH]c1=S. The van der Waals surface area contributed by atoms with Crippen LogP contribution in [0.3, 0.4) is 0 Å². The molecule has 0 aliphatic heterocycles. The minimum Gasteiger partial charge on any atom is -0.302 e. The van der Waals surface area contributed by atoms with Gasteiger partial charge in [-0.15, -0.1) is 0 Å². The van der Waals surface area contributed by atoms with E-state index in [9.17, 15) is 0 Å². The number of nitrogens with one attached hydrogen (secondary N) is 1. The lowest BCUT2D eigenvalue weighted by molar-refractivity contribution is 0.897. The fourth-order valence-electron chi connectivity index (χ4n) is 1.64. The summed E-state index contributed by atoms with van der Waals surface area (Å²) in [4.78, 5) is 8.85. The van der Waals surface area contributed by atoms with Crippen LogP contribution in [-0.4, -0.2) is 24.7 Å². The Hall–Kier alpha value is -2.08. The van der Waals surface area contributed by atoms with E-state index in [1.165, 1.54) is 0 Å². The quantitative estimate of drug-likeness (QED) is 0.665. The third kappa shape index (κ3) is 1.62. The second-order valence-corrected chi connectivity index (χ2v) is 4.04. The number of aromatic amines is 1. The fraction of sp³-hybridized carbons (Fsp3) is 0.0909. The number of para-hydroxylation sites is 2. The summed E-state index contributed by atoms with van der Waals surface area (Å²) in [5.74, 6) is 0.688. The fourth-order valence-corrected chi connectivity index (χ4v) is 1.77. The summed E-state index contributed by atoms with van der Waals surface area (Å²) in [5.41, 5.74) is 2.42. The molecule has 6 heteroatoms. The van der Waals surface area contributed by atoms with Gasteiger partial charge in [-0.05, 0) is 24.4 Å². The maximum atomic E-state index is 5.07. The molecule has 2 heterocycles. The summed E-state index contributed by atoms with van der Waals surface area (Å²) in [5, 5.41) is 6.87. The van der Waals surface area contributed by atoms with Crippen LogP contribution in [0.25, 0.3) is 22.6 Å². The lowest BCUT2D eigenvalue weighted by Gasteiger charge is -2.01. The lowest BCUT2D eigenvalue weighted by Crippen LogP contribution is -1.96. The number of rotatable bonds is 1. The van der Waals surface area contributed by atoms with E-state index in [4.69, 9.17) is 12.2 Å². The van der Waals surface area contributed by atoms with Crippen LogP contribution in [0.1, 0.15) is 0 Å². The first-order chi connectivity index (χ1) is 8.25. The Morgan fingerprint density at radius 1 is 1.24 bits per heavy atom. The highest BCUT2D eigenvalue weighted by Gasteiger charge is 2.08. The van der Waals surface area contributed by atoms with Crippen molar-refractivity contribution in [2.45, 2.75) is 0 Å². The molecule has 0 saturated heterocycles. The van der Waals surface area contributed by atoms with Crippen molar-refractivity contribution in [3.8, 4) is 11.5 Å². The summed E-state index contributed by atoms with van der Waals surface area (Å²) >= 11 is 5.07. The number of H-pyrrole nitrogens is 1. The van der Waals surface area contributed by atoms with Gasteiger partial charge in [0.15, 0.2) is 10.6 Å². The minimum absolute atomic E-state index is 0.565. The van der Waals surface area contributed by atoms with Crippen molar-refractivity contribution in [1.82, 2.24) is 24.7 Å². The molecule has 0 aliphatic rings. The first-order valence-electron chi connectivity index (χ1n) is 5.09. The number of benzene rings is 1. The number of fused-ring (bicyclic) bond motifs is 1. The Morgan fingerprint density at radius 2 is 2.00 bits per heavy atom. The highest BCUT2D eigenvalue weighted by atomic mass is 32.1. The highest BCUT2D eigenvalue weighted by molar-refractivity contribution is 7.71. The van der Waals surface area contributed by atoms with Gasteiger partial charge in [0.05, 0.1) is 17.2 Å². The van der Waals surface area contributed by atoms with Crippen molar-refractivity contribution < 1.29 is 0 Å². The smallest absolute Gasteiger partial charge is 0.195 e. The predicted octanol–water partition coefficient (Wildman–Crippen LogP) is 2.09. The van der Waals surface area contributed by atoms with E-state index in [1.54, 1.807) is 10.8 Å². The van der Waals surface area contributed by atoms with Crippen LogP contribution in [0, 0.1) is 4.77 Å². The third-order valence-electron chi connectivity index (χ3n) is 2.56. The van der Waals surface area contributed by atoms with Crippen LogP contribution in [0.4, 0.5) is 0 Å². The molecule has 0 bridgehead atoms. The van der Waals surface area contributed by atoms with Gasteiger partial charge in [-0.3, -0.25) is 10.1 Å². The maximum absolute atomic E-state index is 5.07. The molecule has 0 fully saturated rings. The first kappa shape index (κ1) is 10.1. The molecule has 84 valence electrons. The first-order valence-corrected chi connectivity index (χ1v) is 5.50. The van der Waals surface area contributed by atoms with Gasteiger partial charge in [0.25, 0.3) is 0 Å². The van der Waals surface area contributed by atoms with Crippen molar-refractivity contribution in [3.63, 3.8) is 0 Å². The zero-order valence-electron chi connectivity index (χ0n) is 9.08. The van der Waals surface area contributed by atoms with Crippen LogP contribution < -0.4 is 0 Å². The third-order valence-corrected chi connectivity index (χ3v) is 2.92. The van der Waals surface area contributed by atoms with E-state index in [0.29, 0.717) is 16.3 Å². The van der Waals surface area contributed by atoms with Crippen LogP contribution in [0.2, 0.25) is 0 Å². The molecule has 3 aromatic rings. The van der Waals surface area contributed by atoms with Gasteiger partial charge in [-0.1, -0.05) is 12.1 Å². The van der Waals surface area contributed by atoms with Gasteiger partial charge in [0.2, 0.25) is 0 Å². The molecule has 0 atom stereocenters. The minimum atomic E-state index is 0.565. The van der Waals surface area contributed by atoms with Crippen molar-refractivity contribution in [1.29, 1.82) is 0 Å². The molecule has 2 aromatic heterocycles. The number of hydrogen-bond donors (Lipinski definition) is 1. The summed E-state index contributed by atoms with van der Waals surface area (Å²) in [6.07, 6.45) is 1.70.